The van der Waals surface area contributed by atoms with E-state index in [1.807, 2.05) is 54.0 Å². The second-order valence-electron chi connectivity index (χ2n) is 6.41. The smallest absolute Gasteiger partial charge is 0.180 e. The van der Waals surface area contributed by atoms with Crippen LogP contribution in [-0.4, -0.2) is 21.0 Å². The second-order valence-corrected chi connectivity index (χ2v) is 7.27. The number of benzene rings is 2. The lowest BCUT2D eigenvalue weighted by Crippen LogP contribution is -2.08. The molecule has 27 heavy (non-hydrogen) atoms. The normalized spacial score (nSPS) is 15.2. The van der Waals surface area contributed by atoms with Gasteiger partial charge < -0.3 is 0 Å². The molecule has 1 aromatic heterocycles. The van der Waals surface area contributed by atoms with Crippen molar-refractivity contribution in [2.45, 2.75) is 19.9 Å². The summed E-state index contributed by atoms with van der Waals surface area (Å²) in [6, 6.07) is 13.5. The molecule has 0 unspecified atom stereocenters. The van der Waals surface area contributed by atoms with Gasteiger partial charge in [-0.25, -0.2) is 4.98 Å². The van der Waals surface area contributed by atoms with Crippen molar-refractivity contribution < 1.29 is 4.79 Å². The second kappa shape index (κ2) is 6.64. The number of rotatable bonds is 2. The lowest BCUT2D eigenvalue weighted by Gasteiger charge is -2.13. The summed E-state index contributed by atoms with van der Waals surface area (Å²) < 4.78 is 2.90. The van der Waals surface area contributed by atoms with Crippen molar-refractivity contribution in [2.24, 2.45) is 4.99 Å². The largest absolute Gasteiger partial charge is 0.300 e. The van der Waals surface area contributed by atoms with E-state index in [4.69, 9.17) is 11.4 Å². The SMILES string of the molecule is C#Cc1ccc2c(c1)C(c1ccccc1Br)=N[C@@H](C)c1c(C(C)=O)ncn1-2. The monoisotopic (exact) mass is 417 g/mol. The molecule has 1 aliphatic heterocycles. The topological polar surface area (TPSA) is 47.2 Å². The van der Waals surface area contributed by atoms with Crippen LogP contribution in [0.25, 0.3) is 5.69 Å². The first-order valence-corrected chi connectivity index (χ1v) is 9.33. The molecule has 0 radical (unpaired) electrons. The number of Topliss-reactive ketones (excluding diaryl/α,β-unsaturated/α-hetero) is 1. The zero-order valence-corrected chi connectivity index (χ0v) is 16.5. The molecule has 3 aromatic rings. The lowest BCUT2D eigenvalue weighted by atomic mass is 9.98. The van der Waals surface area contributed by atoms with E-state index in [1.165, 1.54) is 6.92 Å². The molecule has 0 N–H and O–H groups in total. The molecule has 0 bridgehead atoms. The number of nitrogens with zero attached hydrogens (tertiary/aromatic N) is 3. The van der Waals surface area contributed by atoms with E-state index in [-0.39, 0.29) is 11.8 Å². The van der Waals surface area contributed by atoms with E-state index in [2.05, 4.69) is 26.8 Å². The van der Waals surface area contributed by atoms with Crippen molar-refractivity contribution >= 4 is 27.4 Å². The van der Waals surface area contributed by atoms with Crippen molar-refractivity contribution in [3.05, 3.63) is 81.3 Å². The Kier molecular flexibility index (Phi) is 4.29. The standard InChI is InChI=1S/C22H16BrN3O/c1-4-15-9-10-19-17(11-15)21(16-7-5-6-8-18(16)23)25-13(2)22-20(14(3)27)24-12-26(19)22/h1,5-13H,2-3H3/t13-/m0/s1. The van der Waals surface area contributed by atoms with Gasteiger partial charge in [-0.15, -0.1) is 6.42 Å². The minimum atomic E-state index is -0.241. The van der Waals surface area contributed by atoms with Gasteiger partial charge in [0.2, 0.25) is 0 Å². The van der Waals surface area contributed by atoms with Crippen molar-refractivity contribution in [1.82, 2.24) is 9.55 Å². The van der Waals surface area contributed by atoms with E-state index in [0.29, 0.717) is 5.69 Å². The Bertz CT molecular complexity index is 1150. The van der Waals surface area contributed by atoms with E-state index >= 15 is 0 Å². The molecule has 1 aliphatic rings. The molecule has 4 rings (SSSR count). The predicted octanol–water partition coefficient (Wildman–Crippen LogP) is 4.73. The van der Waals surface area contributed by atoms with E-state index < -0.39 is 0 Å². The van der Waals surface area contributed by atoms with Crippen LogP contribution in [0, 0.1) is 12.3 Å². The predicted molar refractivity (Wildman–Crippen MR) is 110 cm³/mol. The summed E-state index contributed by atoms with van der Waals surface area (Å²) in [5.74, 6) is 2.62. The van der Waals surface area contributed by atoms with Crippen LogP contribution < -0.4 is 0 Å². The maximum absolute atomic E-state index is 12.1. The highest BCUT2D eigenvalue weighted by Crippen LogP contribution is 2.34. The fourth-order valence-electron chi connectivity index (χ4n) is 3.44. The summed E-state index contributed by atoms with van der Waals surface area (Å²) in [7, 11) is 0. The van der Waals surface area contributed by atoms with Gasteiger partial charge in [-0.1, -0.05) is 40.0 Å². The number of hydrogen-bond donors (Lipinski definition) is 0. The quantitative estimate of drug-likeness (QED) is 0.446. The van der Waals surface area contributed by atoms with Gasteiger partial charge in [0.15, 0.2) is 5.78 Å². The molecule has 0 spiro atoms. The molecule has 0 amide bonds. The first kappa shape index (κ1) is 17.4. The molecule has 2 heterocycles. The summed E-state index contributed by atoms with van der Waals surface area (Å²) >= 11 is 3.63. The Morgan fingerprint density at radius 3 is 2.70 bits per heavy atom. The third-order valence-corrected chi connectivity index (χ3v) is 5.35. The third kappa shape index (κ3) is 2.83. The summed E-state index contributed by atoms with van der Waals surface area (Å²) in [4.78, 5) is 21.4. The van der Waals surface area contributed by atoms with Gasteiger partial charge in [0.1, 0.15) is 12.0 Å². The van der Waals surface area contributed by atoms with Gasteiger partial charge >= 0.3 is 0 Å². The van der Waals surface area contributed by atoms with Gasteiger partial charge in [0.05, 0.1) is 23.1 Å². The first-order chi connectivity index (χ1) is 13.0. The minimum Gasteiger partial charge on any atom is -0.300 e. The number of ketones is 1. The molecule has 0 saturated carbocycles. The summed E-state index contributed by atoms with van der Waals surface area (Å²) in [5.41, 5.74) is 5.64. The van der Waals surface area contributed by atoms with Crippen LogP contribution in [0.5, 0.6) is 0 Å². The molecule has 2 aromatic carbocycles. The molecule has 1 atom stereocenters. The van der Waals surface area contributed by atoms with Crippen LogP contribution in [0.2, 0.25) is 0 Å². The van der Waals surface area contributed by atoms with Crippen LogP contribution in [0.3, 0.4) is 0 Å². The Morgan fingerprint density at radius 2 is 2.00 bits per heavy atom. The molecule has 0 saturated heterocycles. The van der Waals surface area contributed by atoms with Gasteiger partial charge in [-0.3, -0.25) is 14.4 Å². The molecule has 0 fully saturated rings. The molecule has 0 aliphatic carbocycles. The Balaban J connectivity index is 2.08. The third-order valence-electron chi connectivity index (χ3n) is 4.66. The van der Waals surface area contributed by atoms with Gasteiger partial charge in [-0.2, -0.15) is 0 Å². The zero-order valence-electron chi connectivity index (χ0n) is 14.9. The van der Waals surface area contributed by atoms with Crippen molar-refractivity contribution in [2.75, 3.05) is 0 Å². The minimum absolute atomic E-state index is 0.0723. The molecule has 5 heteroatoms. The fraction of sp³-hybridized carbons (Fsp3) is 0.136. The fourth-order valence-corrected chi connectivity index (χ4v) is 3.91. The van der Waals surface area contributed by atoms with Crippen LogP contribution in [0.15, 0.2) is 58.3 Å². The number of terminal acetylenes is 1. The van der Waals surface area contributed by atoms with Gasteiger partial charge in [0.25, 0.3) is 0 Å². The number of fused-ring (bicyclic) bond motifs is 3. The summed E-state index contributed by atoms with van der Waals surface area (Å²) in [6.07, 6.45) is 7.33. The van der Waals surface area contributed by atoms with Crippen LogP contribution >= 0.6 is 15.9 Å². The van der Waals surface area contributed by atoms with E-state index in [0.717, 1.165) is 38.3 Å². The van der Waals surface area contributed by atoms with Crippen molar-refractivity contribution in [3.8, 4) is 18.0 Å². The molecular weight excluding hydrogens is 402 g/mol. The maximum Gasteiger partial charge on any atom is 0.180 e. The van der Waals surface area contributed by atoms with Crippen LogP contribution in [0.1, 0.15) is 52.8 Å². The van der Waals surface area contributed by atoms with Crippen LogP contribution in [0.4, 0.5) is 0 Å². The van der Waals surface area contributed by atoms with Gasteiger partial charge in [0, 0.05) is 28.1 Å². The van der Waals surface area contributed by atoms with Gasteiger partial charge in [-0.05, 0) is 31.2 Å². The number of aliphatic imine (C=N–C) groups is 1. The maximum atomic E-state index is 12.1. The molecular formula is C22H16BrN3O. The number of carbonyl (C=O) groups excluding carboxylic acids is 1. The van der Waals surface area contributed by atoms with E-state index in [1.54, 1.807) is 6.33 Å². The first-order valence-electron chi connectivity index (χ1n) is 8.53. The number of hydrogen-bond acceptors (Lipinski definition) is 3. The summed E-state index contributed by atoms with van der Waals surface area (Å²) in [6.45, 7) is 3.51. The van der Waals surface area contributed by atoms with E-state index in [9.17, 15) is 4.79 Å². The molecule has 132 valence electrons. The summed E-state index contributed by atoms with van der Waals surface area (Å²) in [5, 5.41) is 0. The average Bonchev–Trinajstić information content (AvgIpc) is 3.07. The number of aromatic nitrogens is 2. The Hall–Kier alpha value is -2.97. The highest BCUT2D eigenvalue weighted by molar-refractivity contribution is 9.10. The van der Waals surface area contributed by atoms with Crippen LogP contribution in [-0.2, 0) is 0 Å². The number of imidazole rings is 1. The average molecular weight is 418 g/mol. The zero-order chi connectivity index (χ0) is 19.1. The van der Waals surface area contributed by atoms with Crippen molar-refractivity contribution in [3.63, 3.8) is 0 Å². The Labute approximate surface area is 166 Å². The highest BCUT2D eigenvalue weighted by atomic mass is 79.9. The highest BCUT2D eigenvalue weighted by Gasteiger charge is 2.27. The number of halogens is 1. The molecule has 4 nitrogen and oxygen atoms in total. The Morgan fingerprint density at radius 1 is 1.22 bits per heavy atom. The lowest BCUT2D eigenvalue weighted by molar-refractivity contribution is 0.101. The van der Waals surface area contributed by atoms with Crippen molar-refractivity contribution in [1.29, 1.82) is 0 Å². The number of carbonyl (C=O) groups is 1.